The van der Waals surface area contributed by atoms with Crippen LogP contribution in [0.1, 0.15) is 0 Å². The molecule has 0 aliphatic heterocycles. The van der Waals surface area contributed by atoms with E-state index in [1.807, 2.05) is 0 Å². The third kappa shape index (κ3) is 89.1. The monoisotopic (exact) mass is 176 g/mol. The van der Waals surface area contributed by atoms with Gasteiger partial charge < -0.3 is 14.7 Å². The first kappa shape index (κ1) is 15.9. The van der Waals surface area contributed by atoms with Gasteiger partial charge >= 0.3 is 45.6 Å². The number of halogens is 1. The van der Waals surface area contributed by atoms with Crippen molar-refractivity contribution < 1.29 is 19.2 Å². The van der Waals surface area contributed by atoms with E-state index in [-0.39, 0.29) is 50.1 Å². The van der Waals surface area contributed by atoms with E-state index in [1.54, 1.807) is 0 Å². The minimum absolute atomic E-state index is 0. The van der Waals surface area contributed by atoms with Gasteiger partial charge in [0.2, 0.25) is 0 Å². The van der Waals surface area contributed by atoms with E-state index in [0.717, 1.165) is 0 Å². The van der Waals surface area contributed by atoms with Crippen LogP contribution in [0.2, 0.25) is 0 Å². The van der Waals surface area contributed by atoms with E-state index in [9.17, 15) is 0 Å². The summed E-state index contributed by atoms with van der Waals surface area (Å²) in [7, 11) is -4.64. The van der Waals surface area contributed by atoms with E-state index in [2.05, 4.69) is 0 Å². The Hall–Kier alpha value is 1.66. The molecule has 0 aromatic heterocycles. The summed E-state index contributed by atoms with van der Waals surface area (Å²) in [6.45, 7) is 0. The van der Waals surface area contributed by atoms with Gasteiger partial charge in [0.15, 0.2) is 0 Å². The van der Waals surface area contributed by atoms with Crippen molar-refractivity contribution in [2.24, 2.45) is 0 Å². The average molecular weight is 177 g/mol. The molecule has 0 bridgehead atoms. The zero-order valence-corrected chi connectivity index (χ0v) is 4.32. The van der Waals surface area contributed by atoms with Crippen molar-refractivity contribution in [1.82, 2.24) is 0 Å². The Morgan fingerprint density at radius 3 is 1.14 bits per heavy atom. The van der Waals surface area contributed by atoms with Gasteiger partial charge in [-0.1, -0.05) is 0 Å². The van der Waals surface area contributed by atoms with Crippen molar-refractivity contribution in [3.05, 3.63) is 0 Å². The summed E-state index contributed by atoms with van der Waals surface area (Å²) in [5.74, 6) is 0. The molecule has 7 heteroatoms. The molecule has 0 radical (unpaired) electrons. The van der Waals surface area contributed by atoms with Crippen LogP contribution in [0.4, 0.5) is 0 Å². The van der Waals surface area contributed by atoms with Gasteiger partial charge in [-0.15, -0.1) is 12.4 Å². The molecule has 0 saturated heterocycles. The first-order valence-corrected chi connectivity index (χ1v) is 2.35. The quantitative estimate of drug-likeness (QED) is 0.313. The van der Waals surface area contributed by atoms with Gasteiger partial charge in [-0.05, 0) is 0 Å². The average Bonchev–Trinajstić information content (AvgIpc) is 0.722. The summed E-state index contributed by atoms with van der Waals surface area (Å²) >= 11 is 0. The predicted octanol–water partition coefficient (Wildman–Crippen LogP) is -1.42. The van der Waals surface area contributed by atoms with Crippen molar-refractivity contribution in [1.29, 1.82) is 0 Å². The molecular formula is H6CaClO4P. The summed E-state index contributed by atoms with van der Waals surface area (Å²) in [6.07, 6.45) is 0. The maximum atomic E-state index is 8.88. The van der Waals surface area contributed by atoms with Crippen molar-refractivity contribution in [2.45, 2.75) is 0 Å². The topological polar surface area (TPSA) is 77.8 Å². The molecule has 0 aromatic rings. The van der Waals surface area contributed by atoms with E-state index < -0.39 is 7.82 Å². The summed E-state index contributed by atoms with van der Waals surface area (Å²) < 4.78 is 8.88. The van der Waals surface area contributed by atoms with Crippen LogP contribution in [0.3, 0.4) is 0 Å². The van der Waals surface area contributed by atoms with Crippen molar-refractivity contribution >= 4 is 58.0 Å². The molecule has 0 spiro atoms. The molecule has 3 N–H and O–H groups in total. The fourth-order valence-electron chi connectivity index (χ4n) is 0. The SMILES string of the molecule is Cl.O=P(O)(O)O.[CaH2]. The van der Waals surface area contributed by atoms with Crippen LogP contribution in [-0.4, -0.2) is 52.4 Å². The van der Waals surface area contributed by atoms with E-state index >= 15 is 0 Å². The number of phosphoric acid groups is 1. The van der Waals surface area contributed by atoms with Gasteiger partial charge in [0, 0.05) is 0 Å². The van der Waals surface area contributed by atoms with Gasteiger partial charge in [-0.3, -0.25) is 0 Å². The Balaban J connectivity index is -0.0000000800. The number of rotatable bonds is 0. The molecular weight excluding hydrogens is 171 g/mol. The van der Waals surface area contributed by atoms with Gasteiger partial charge in [0.25, 0.3) is 0 Å². The van der Waals surface area contributed by atoms with Crippen LogP contribution in [-0.2, 0) is 4.57 Å². The second-order valence-corrected chi connectivity index (χ2v) is 1.54. The molecule has 0 saturated carbocycles. The third-order valence-corrected chi connectivity index (χ3v) is 0. The Bertz CT molecular complexity index is 57.8. The second kappa shape index (κ2) is 5.79. The van der Waals surface area contributed by atoms with Crippen LogP contribution in [0, 0.1) is 0 Å². The van der Waals surface area contributed by atoms with Crippen molar-refractivity contribution in [3.8, 4) is 0 Å². The molecule has 44 valence electrons. The molecule has 0 atom stereocenters. The Kier molecular flexibility index (Phi) is 13.1. The molecule has 0 aromatic carbocycles. The fraction of sp³-hybridized carbons (Fsp3) is 0. The first-order chi connectivity index (χ1) is 2.00. The second-order valence-electron chi connectivity index (χ2n) is 0.513. The summed E-state index contributed by atoms with van der Waals surface area (Å²) in [5.41, 5.74) is 0. The molecule has 0 aliphatic rings. The molecule has 0 amide bonds. The molecule has 7 heavy (non-hydrogen) atoms. The summed E-state index contributed by atoms with van der Waals surface area (Å²) in [5, 5.41) is 0. The third-order valence-electron chi connectivity index (χ3n) is 0. The molecule has 0 aliphatic carbocycles. The van der Waals surface area contributed by atoms with Crippen LogP contribution >= 0.6 is 20.2 Å². The molecule has 0 rings (SSSR count). The number of hydrogen-bond acceptors (Lipinski definition) is 1. The standard InChI is InChI=1S/Ca.ClH.H3O4P.2H/c;;1-5(2,3)4;;/h;1H;(H3,1,2,3,4);;. The zero-order chi connectivity index (χ0) is 4.50. The van der Waals surface area contributed by atoms with Crippen LogP contribution in [0.5, 0.6) is 0 Å². The summed E-state index contributed by atoms with van der Waals surface area (Å²) in [6, 6.07) is 0. The zero-order valence-electron chi connectivity index (χ0n) is 2.61. The van der Waals surface area contributed by atoms with Crippen LogP contribution in [0.25, 0.3) is 0 Å². The van der Waals surface area contributed by atoms with E-state index in [1.165, 1.54) is 0 Å². The molecule has 0 fully saturated rings. The Labute approximate surface area is 76.6 Å². The number of hydrogen-bond donors (Lipinski definition) is 3. The van der Waals surface area contributed by atoms with Gasteiger partial charge in [-0.25, -0.2) is 4.57 Å². The van der Waals surface area contributed by atoms with Gasteiger partial charge in [-0.2, -0.15) is 0 Å². The van der Waals surface area contributed by atoms with E-state index in [0.29, 0.717) is 0 Å². The normalized spacial score (nSPS) is 8.43. The van der Waals surface area contributed by atoms with Crippen LogP contribution < -0.4 is 0 Å². The molecule has 0 heterocycles. The van der Waals surface area contributed by atoms with Gasteiger partial charge in [0.05, 0.1) is 0 Å². The van der Waals surface area contributed by atoms with Crippen molar-refractivity contribution in [2.75, 3.05) is 0 Å². The van der Waals surface area contributed by atoms with Crippen molar-refractivity contribution in [3.63, 3.8) is 0 Å². The fourth-order valence-corrected chi connectivity index (χ4v) is 0. The predicted molar refractivity (Wildman–Crippen MR) is 30.1 cm³/mol. The summed E-state index contributed by atoms with van der Waals surface area (Å²) in [4.78, 5) is 21.6. The minimum atomic E-state index is -4.64. The molecule has 0 unspecified atom stereocenters. The van der Waals surface area contributed by atoms with Crippen LogP contribution in [0.15, 0.2) is 0 Å². The van der Waals surface area contributed by atoms with Gasteiger partial charge in [0.1, 0.15) is 0 Å². The Morgan fingerprint density at radius 1 is 1.14 bits per heavy atom. The van der Waals surface area contributed by atoms with E-state index in [4.69, 9.17) is 19.2 Å². The molecule has 4 nitrogen and oxygen atoms in total. The maximum absolute atomic E-state index is 8.88. The Morgan fingerprint density at radius 2 is 1.14 bits per heavy atom. The first-order valence-electron chi connectivity index (χ1n) is 0.783.